The van der Waals surface area contributed by atoms with Gasteiger partial charge in [-0.05, 0) is 42.6 Å². The Bertz CT molecular complexity index is 955. The summed E-state index contributed by atoms with van der Waals surface area (Å²) in [6.45, 7) is 1.67. The molecule has 1 aromatic carbocycles. The van der Waals surface area contributed by atoms with Crippen LogP contribution in [0.4, 0.5) is 4.79 Å². The predicted molar refractivity (Wildman–Crippen MR) is 106 cm³/mol. The molecule has 176 valence electrons. The molecule has 0 bridgehead atoms. The van der Waals surface area contributed by atoms with E-state index >= 15 is 0 Å². The zero-order chi connectivity index (χ0) is 24.2. The van der Waals surface area contributed by atoms with Gasteiger partial charge in [-0.15, -0.1) is 0 Å². The summed E-state index contributed by atoms with van der Waals surface area (Å²) in [5.74, 6) is -3.66. The fourth-order valence-corrected chi connectivity index (χ4v) is 3.71. The van der Waals surface area contributed by atoms with Crippen LogP contribution in [0.2, 0.25) is 0 Å². The molecule has 5 N–H and O–H groups in total. The second-order valence-electron chi connectivity index (χ2n) is 7.39. The van der Waals surface area contributed by atoms with E-state index in [1.807, 2.05) is 10.9 Å². The molecule has 0 aliphatic carbocycles. The highest BCUT2D eigenvalue weighted by molar-refractivity contribution is 7.80. The topological polar surface area (TPSA) is 206 Å². The largest absolute Gasteiger partial charge is 0.772 e. The maximum Gasteiger partial charge on any atom is 0.426 e. The molecule has 2 rings (SSSR count). The zero-order valence-corrected chi connectivity index (χ0v) is 17.9. The molecule has 14 heteroatoms. The molecule has 1 aromatic rings. The third kappa shape index (κ3) is 5.45. The molecular weight excluding hydrogens is 450 g/mol. The first-order valence-electron chi connectivity index (χ1n) is 9.22. The highest BCUT2D eigenvalue weighted by Crippen LogP contribution is 2.31. The Labute approximate surface area is 184 Å². The molecule has 13 nitrogen and oxygen atoms in total. The number of hydrogen-bond acceptors (Lipinski definition) is 9. The molecule has 0 radical (unpaired) electrons. The summed E-state index contributed by atoms with van der Waals surface area (Å²) < 4.78 is 26.3. The van der Waals surface area contributed by atoms with Crippen LogP contribution < -0.4 is 10.9 Å². The third-order valence-electron chi connectivity index (χ3n) is 4.90. The first kappa shape index (κ1) is 24.9. The van der Waals surface area contributed by atoms with Gasteiger partial charge in [0.25, 0.3) is 0 Å². The number of carbonyl (C=O) groups excluding carboxylic acids is 3. The number of benzene rings is 1. The normalized spacial score (nSPS) is 19.2. The number of carboxylic acids is 1. The van der Waals surface area contributed by atoms with Crippen LogP contribution in [0.5, 0.6) is 11.5 Å². The average Bonchev–Trinajstić information content (AvgIpc) is 2.71. The van der Waals surface area contributed by atoms with E-state index < -0.39 is 64.1 Å². The van der Waals surface area contributed by atoms with Crippen molar-refractivity contribution in [3.63, 3.8) is 0 Å². The summed E-state index contributed by atoms with van der Waals surface area (Å²) in [5.41, 5.74) is 4.20. The van der Waals surface area contributed by atoms with Crippen molar-refractivity contribution in [2.45, 2.75) is 43.5 Å². The van der Waals surface area contributed by atoms with Gasteiger partial charge in [0.05, 0.1) is 11.2 Å². The number of likely N-dealkylation sites (tertiary alicyclic amines) is 1. The van der Waals surface area contributed by atoms with Gasteiger partial charge in [-0.3, -0.25) is 19.2 Å². The van der Waals surface area contributed by atoms with E-state index in [2.05, 4.69) is 0 Å². The van der Waals surface area contributed by atoms with E-state index in [1.165, 1.54) is 12.1 Å². The molecule has 3 amide bonds. The number of hydrazine groups is 1. The van der Waals surface area contributed by atoms with Crippen molar-refractivity contribution >= 4 is 35.0 Å². The van der Waals surface area contributed by atoms with E-state index in [0.29, 0.717) is 5.56 Å². The van der Waals surface area contributed by atoms with Crippen LogP contribution in [0, 0.1) is 0 Å². The maximum atomic E-state index is 11.9. The van der Waals surface area contributed by atoms with Crippen LogP contribution in [0.3, 0.4) is 0 Å². The minimum Gasteiger partial charge on any atom is -0.772 e. The lowest BCUT2D eigenvalue weighted by molar-refractivity contribution is -0.163. The minimum atomic E-state index is -3.06. The van der Waals surface area contributed by atoms with Crippen molar-refractivity contribution in [1.29, 1.82) is 0 Å². The number of phenols is 2. The van der Waals surface area contributed by atoms with Crippen molar-refractivity contribution in [1.82, 2.24) is 15.8 Å². The second-order valence-corrected chi connectivity index (χ2v) is 8.79. The van der Waals surface area contributed by atoms with Gasteiger partial charge >= 0.3 is 12.1 Å². The van der Waals surface area contributed by atoms with E-state index in [0.717, 1.165) is 17.9 Å². The summed E-state index contributed by atoms with van der Waals surface area (Å²) in [6.07, 6.45) is -1.49. The number of carbonyl (C=O) groups is 4. The van der Waals surface area contributed by atoms with E-state index in [1.54, 1.807) is 6.92 Å². The number of aromatic hydroxyl groups is 2. The molecule has 0 spiro atoms. The number of carboxylic acid groups (broad SMARTS) is 1. The van der Waals surface area contributed by atoms with Gasteiger partial charge < -0.3 is 29.5 Å². The summed E-state index contributed by atoms with van der Waals surface area (Å²) in [4.78, 5) is 48.3. The van der Waals surface area contributed by atoms with Crippen LogP contribution in [0.1, 0.15) is 25.8 Å². The standard InChI is InChI=1S/C18H23N3O10S/c1-9-5-14(25)21(9)15(16(26)27)18(2,32(29)30)8-31-17(28)20-19-13(24)7-10-3-4-11(22)12(23)6-10/h3-4,6,9,15,22-23H,5,7-8H2,1-2H3,(H,19,24)(H,20,28)(H,26,27)(H,29,30)/p-1/t9-,15+,18+/m1/s1. The quantitative estimate of drug-likeness (QED) is 0.136. The summed E-state index contributed by atoms with van der Waals surface area (Å²) in [5, 5.41) is 28.2. The van der Waals surface area contributed by atoms with E-state index in [4.69, 9.17) is 4.74 Å². The van der Waals surface area contributed by atoms with Crippen molar-refractivity contribution in [2.24, 2.45) is 0 Å². The highest BCUT2D eigenvalue weighted by Gasteiger charge is 2.52. The number of amides is 3. The molecular formula is C18H22N3O10S-. The highest BCUT2D eigenvalue weighted by atomic mass is 32.2. The Morgan fingerprint density at radius 2 is 1.97 bits per heavy atom. The zero-order valence-electron chi connectivity index (χ0n) is 17.1. The molecule has 4 atom stereocenters. The van der Waals surface area contributed by atoms with Crippen molar-refractivity contribution in [2.75, 3.05) is 6.61 Å². The fourth-order valence-electron chi connectivity index (χ4n) is 3.16. The number of nitrogens with one attached hydrogen (secondary N) is 2. The smallest absolute Gasteiger partial charge is 0.426 e. The lowest BCUT2D eigenvalue weighted by atomic mass is 9.92. The van der Waals surface area contributed by atoms with Gasteiger partial charge in [0.2, 0.25) is 11.8 Å². The fraction of sp³-hybridized carbons (Fsp3) is 0.444. The van der Waals surface area contributed by atoms with E-state index in [9.17, 15) is 43.3 Å². The number of ether oxygens (including phenoxy) is 1. The number of phenolic OH excluding ortho intramolecular Hbond substituents is 2. The van der Waals surface area contributed by atoms with E-state index in [-0.39, 0.29) is 18.6 Å². The van der Waals surface area contributed by atoms with Gasteiger partial charge in [0, 0.05) is 12.5 Å². The Morgan fingerprint density at radius 3 is 2.47 bits per heavy atom. The monoisotopic (exact) mass is 472 g/mol. The van der Waals surface area contributed by atoms with Crippen molar-refractivity contribution in [3.05, 3.63) is 23.8 Å². The summed E-state index contributed by atoms with van der Waals surface area (Å²) in [7, 11) is 0. The van der Waals surface area contributed by atoms with Crippen LogP contribution in [0.25, 0.3) is 0 Å². The number of rotatable bonds is 8. The molecule has 0 saturated carbocycles. The summed E-state index contributed by atoms with van der Waals surface area (Å²) >= 11 is -3.06. The van der Waals surface area contributed by atoms with Crippen LogP contribution in [-0.2, 0) is 36.6 Å². The van der Waals surface area contributed by atoms with Gasteiger partial charge in [0.1, 0.15) is 12.6 Å². The van der Waals surface area contributed by atoms with Crippen molar-refractivity contribution in [3.8, 4) is 11.5 Å². The molecule has 1 unspecified atom stereocenters. The first-order chi connectivity index (χ1) is 14.9. The first-order valence-corrected chi connectivity index (χ1v) is 10.3. The van der Waals surface area contributed by atoms with Crippen LogP contribution >= 0.6 is 0 Å². The Balaban J connectivity index is 1.96. The van der Waals surface area contributed by atoms with Crippen molar-refractivity contribution < 1.29 is 48.0 Å². The molecule has 1 heterocycles. The van der Waals surface area contributed by atoms with Gasteiger partial charge in [0.15, 0.2) is 11.5 Å². The second kappa shape index (κ2) is 9.82. The Morgan fingerprint density at radius 1 is 1.31 bits per heavy atom. The average molecular weight is 472 g/mol. The van der Waals surface area contributed by atoms with Gasteiger partial charge in [-0.25, -0.2) is 15.0 Å². The molecule has 1 aliphatic heterocycles. The predicted octanol–water partition coefficient (Wildman–Crippen LogP) is -0.890. The maximum absolute atomic E-state index is 11.9. The molecule has 1 fully saturated rings. The van der Waals surface area contributed by atoms with Crippen LogP contribution in [0.15, 0.2) is 18.2 Å². The lowest BCUT2D eigenvalue weighted by Crippen LogP contribution is -2.68. The summed E-state index contributed by atoms with van der Waals surface area (Å²) in [6, 6.07) is 1.39. The molecule has 32 heavy (non-hydrogen) atoms. The van der Waals surface area contributed by atoms with Gasteiger partial charge in [-0.2, -0.15) is 0 Å². The van der Waals surface area contributed by atoms with Crippen LogP contribution in [-0.4, -0.2) is 76.3 Å². The molecule has 1 saturated heterocycles. The van der Waals surface area contributed by atoms with Gasteiger partial charge in [-0.1, -0.05) is 6.07 Å². The third-order valence-corrected chi connectivity index (χ3v) is 6.01. The number of aliphatic carboxylic acids is 1. The lowest BCUT2D eigenvalue weighted by Gasteiger charge is -2.49. The number of nitrogens with zero attached hydrogens (tertiary/aromatic N) is 1. The number of β-lactam (4-membered cyclic amide) rings is 1. The Hall–Kier alpha value is -3.39. The Kier molecular flexibility index (Phi) is 7.64. The number of hydrogen-bond donors (Lipinski definition) is 5. The molecule has 1 aliphatic rings. The SMILES string of the molecule is C[C@@H]1CC(=O)N1[C@@H](C(=O)O)[C@](C)(COC(=O)NNC(=O)Cc1ccc(O)c(O)c1)S(=O)[O-]. The molecule has 0 aromatic heterocycles. The minimum absolute atomic E-state index is 0.0670.